The summed E-state index contributed by atoms with van der Waals surface area (Å²) in [6.45, 7) is -0.353. The van der Waals surface area contributed by atoms with Crippen LogP contribution in [-0.2, 0) is 14.3 Å². The van der Waals surface area contributed by atoms with Crippen LogP contribution in [0.2, 0.25) is 0 Å². The number of hydrogen-bond acceptors (Lipinski definition) is 5. The summed E-state index contributed by atoms with van der Waals surface area (Å²) in [5.74, 6) is -0.992. The van der Waals surface area contributed by atoms with Gasteiger partial charge >= 0.3 is 5.97 Å². The smallest absolute Gasteiger partial charge is 0.331 e. The topological polar surface area (TPSA) is 68.3 Å². The minimum absolute atomic E-state index is 0.353. The van der Waals surface area contributed by atoms with Gasteiger partial charge in [-0.15, -0.1) is 0 Å². The van der Waals surface area contributed by atoms with Gasteiger partial charge in [0.05, 0.1) is 10.2 Å². The van der Waals surface area contributed by atoms with Crippen LogP contribution < -0.4 is 5.32 Å². The van der Waals surface area contributed by atoms with Crippen molar-refractivity contribution in [1.29, 1.82) is 0 Å². The third kappa shape index (κ3) is 4.27. The summed E-state index contributed by atoms with van der Waals surface area (Å²) in [5, 5.41) is 3.11. The number of benzene rings is 2. The lowest BCUT2D eigenvalue weighted by molar-refractivity contribution is -0.142. The quantitative estimate of drug-likeness (QED) is 0.571. The van der Waals surface area contributed by atoms with E-state index in [9.17, 15) is 9.59 Å². The highest BCUT2D eigenvalue weighted by molar-refractivity contribution is 7.22. The zero-order valence-electron chi connectivity index (χ0n) is 12.6. The molecule has 24 heavy (non-hydrogen) atoms. The monoisotopic (exact) mass is 338 g/mol. The van der Waals surface area contributed by atoms with Crippen molar-refractivity contribution in [2.45, 2.75) is 0 Å². The first kappa shape index (κ1) is 15.9. The van der Waals surface area contributed by atoms with E-state index in [1.165, 1.54) is 17.4 Å². The van der Waals surface area contributed by atoms with E-state index in [-0.39, 0.29) is 6.61 Å². The zero-order chi connectivity index (χ0) is 16.8. The van der Waals surface area contributed by atoms with Crippen LogP contribution in [0.1, 0.15) is 5.56 Å². The van der Waals surface area contributed by atoms with Gasteiger partial charge in [-0.1, -0.05) is 53.8 Å². The van der Waals surface area contributed by atoms with E-state index in [2.05, 4.69) is 10.3 Å². The number of aromatic nitrogens is 1. The lowest BCUT2D eigenvalue weighted by Crippen LogP contribution is -2.19. The normalized spacial score (nSPS) is 10.8. The summed E-state index contributed by atoms with van der Waals surface area (Å²) in [7, 11) is 0. The second-order valence-electron chi connectivity index (χ2n) is 4.89. The maximum atomic E-state index is 11.8. The molecule has 0 fully saturated rings. The average Bonchev–Trinajstić information content (AvgIpc) is 3.01. The molecule has 120 valence electrons. The van der Waals surface area contributed by atoms with Crippen LogP contribution in [0.15, 0.2) is 60.7 Å². The standard InChI is InChI=1S/C18H14N2O3S/c21-16(20-18-19-14-8-4-5-9-15(14)24-18)12-23-17(22)11-10-13-6-2-1-3-7-13/h1-11H,12H2,(H,19,20,21). The summed E-state index contributed by atoms with van der Waals surface area (Å²) in [6.07, 6.45) is 2.92. The van der Waals surface area contributed by atoms with E-state index < -0.39 is 11.9 Å². The highest BCUT2D eigenvalue weighted by Gasteiger charge is 2.09. The van der Waals surface area contributed by atoms with E-state index >= 15 is 0 Å². The number of rotatable bonds is 5. The van der Waals surface area contributed by atoms with Crippen LogP contribution >= 0.6 is 11.3 Å². The van der Waals surface area contributed by atoms with E-state index in [0.717, 1.165) is 15.8 Å². The summed E-state index contributed by atoms with van der Waals surface area (Å²) in [5.41, 5.74) is 1.70. The Balaban J connectivity index is 1.50. The van der Waals surface area contributed by atoms with Crippen LogP contribution in [0.5, 0.6) is 0 Å². The number of fused-ring (bicyclic) bond motifs is 1. The van der Waals surface area contributed by atoms with Gasteiger partial charge < -0.3 is 4.74 Å². The van der Waals surface area contributed by atoms with Crippen LogP contribution in [0.25, 0.3) is 16.3 Å². The molecule has 0 atom stereocenters. The maximum Gasteiger partial charge on any atom is 0.331 e. The Kier molecular flexibility index (Phi) is 4.98. The summed E-state index contributed by atoms with van der Waals surface area (Å²) >= 11 is 1.37. The Morgan fingerprint density at radius 2 is 1.83 bits per heavy atom. The van der Waals surface area contributed by atoms with Gasteiger partial charge in [0, 0.05) is 6.08 Å². The molecule has 0 saturated heterocycles. The number of nitrogens with one attached hydrogen (secondary N) is 1. The molecule has 5 nitrogen and oxygen atoms in total. The van der Waals surface area contributed by atoms with Gasteiger partial charge in [0.2, 0.25) is 0 Å². The van der Waals surface area contributed by atoms with Gasteiger partial charge in [0.1, 0.15) is 0 Å². The largest absolute Gasteiger partial charge is 0.452 e. The van der Waals surface area contributed by atoms with Crippen molar-refractivity contribution in [3.63, 3.8) is 0 Å². The molecule has 3 rings (SSSR count). The van der Waals surface area contributed by atoms with E-state index in [0.29, 0.717) is 5.13 Å². The van der Waals surface area contributed by atoms with Crippen LogP contribution in [0.3, 0.4) is 0 Å². The third-order valence-electron chi connectivity index (χ3n) is 3.10. The van der Waals surface area contributed by atoms with Gasteiger partial charge in [0.25, 0.3) is 5.91 Å². The fourth-order valence-electron chi connectivity index (χ4n) is 1.99. The molecular formula is C18H14N2O3S. The number of carbonyl (C=O) groups is 2. The molecule has 3 aromatic rings. The van der Waals surface area contributed by atoms with E-state index in [4.69, 9.17) is 4.74 Å². The summed E-state index contributed by atoms with van der Waals surface area (Å²) in [4.78, 5) is 27.7. The zero-order valence-corrected chi connectivity index (χ0v) is 13.5. The van der Waals surface area contributed by atoms with E-state index in [1.54, 1.807) is 6.08 Å². The van der Waals surface area contributed by atoms with Gasteiger partial charge in [0.15, 0.2) is 11.7 Å². The molecule has 6 heteroatoms. The molecule has 1 amide bonds. The lowest BCUT2D eigenvalue weighted by atomic mass is 10.2. The van der Waals surface area contributed by atoms with Crippen molar-refractivity contribution in [2.24, 2.45) is 0 Å². The molecule has 2 aromatic carbocycles. The summed E-state index contributed by atoms with van der Waals surface area (Å²) < 4.78 is 5.89. The maximum absolute atomic E-state index is 11.8. The van der Waals surface area contributed by atoms with Crippen LogP contribution in [-0.4, -0.2) is 23.5 Å². The second kappa shape index (κ2) is 7.52. The predicted octanol–water partition coefficient (Wildman–Crippen LogP) is 3.49. The van der Waals surface area contributed by atoms with E-state index in [1.807, 2.05) is 54.6 Å². The van der Waals surface area contributed by atoms with Gasteiger partial charge in [-0.25, -0.2) is 9.78 Å². The molecule has 0 spiro atoms. The molecule has 0 aliphatic rings. The minimum atomic E-state index is -0.571. The number of carbonyl (C=O) groups excluding carboxylic acids is 2. The molecule has 0 aliphatic carbocycles. The molecule has 1 N–H and O–H groups in total. The fourth-order valence-corrected chi connectivity index (χ4v) is 2.88. The highest BCUT2D eigenvalue weighted by atomic mass is 32.1. The van der Waals surface area contributed by atoms with Gasteiger partial charge in [-0.05, 0) is 23.8 Å². The molecule has 0 radical (unpaired) electrons. The Bertz CT molecular complexity index is 854. The predicted molar refractivity (Wildman–Crippen MR) is 94.7 cm³/mol. The molecule has 0 saturated carbocycles. The Morgan fingerprint density at radius 1 is 1.08 bits per heavy atom. The number of amides is 1. The SMILES string of the molecule is O=C(COC(=O)C=Cc1ccccc1)Nc1nc2ccccc2s1. The molecule has 1 heterocycles. The third-order valence-corrected chi connectivity index (χ3v) is 4.05. The second-order valence-corrected chi connectivity index (χ2v) is 5.92. The van der Waals surface area contributed by atoms with Crippen molar-refractivity contribution in [1.82, 2.24) is 4.98 Å². The number of thiazole rings is 1. The van der Waals surface area contributed by atoms with Gasteiger partial charge in [-0.2, -0.15) is 0 Å². The van der Waals surface area contributed by atoms with Crippen LogP contribution in [0, 0.1) is 0 Å². The first-order chi connectivity index (χ1) is 11.7. The first-order valence-corrected chi connectivity index (χ1v) is 8.08. The number of ether oxygens (including phenoxy) is 1. The molecule has 0 aliphatic heterocycles. The minimum Gasteiger partial charge on any atom is -0.452 e. The highest BCUT2D eigenvalue weighted by Crippen LogP contribution is 2.25. The number of esters is 1. The van der Waals surface area contributed by atoms with Crippen molar-refractivity contribution in [2.75, 3.05) is 11.9 Å². The Hall–Kier alpha value is -2.99. The number of anilines is 1. The molecule has 0 unspecified atom stereocenters. The molecule has 1 aromatic heterocycles. The fraction of sp³-hybridized carbons (Fsp3) is 0.0556. The van der Waals surface area contributed by atoms with Crippen LogP contribution in [0.4, 0.5) is 5.13 Å². The number of nitrogens with zero attached hydrogens (tertiary/aromatic N) is 1. The van der Waals surface area contributed by atoms with Crippen molar-refractivity contribution >= 4 is 44.6 Å². The first-order valence-electron chi connectivity index (χ1n) is 7.26. The van der Waals surface area contributed by atoms with Crippen molar-refractivity contribution in [3.8, 4) is 0 Å². The number of para-hydroxylation sites is 1. The van der Waals surface area contributed by atoms with Gasteiger partial charge in [-0.3, -0.25) is 10.1 Å². The lowest BCUT2D eigenvalue weighted by Gasteiger charge is -2.01. The number of hydrogen-bond donors (Lipinski definition) is 1. The van der Waals surface area contributed by atoms with Crippen molar-refractivity contribution in [3.05, 3.63) is 66.2 Å². The van der Waals surface area contributed by atoms with Crippen molar-refractivity contribution < 1.29 is 14.3 Å². The molecular weight excluding hydrogens is 324 g/mol. The Labute approximate surface area is 142 Å². The molecule has 0 bridgehead atoms. The summed E-state index contributed by atoms with van der Waals surface area (Å²) in [6, 6.07) is 17.0. The Morgan fingerprint density at radius 3 is 2.62 bits per heavy atom. The average molecular weight is 338 g/mol.